The van der Waals surface area contributed by atoms with Crippen LogP contribution >= 0.6 is 0 Å². The van der Waals surface area contributed by atoms with Crippen molar-refractivity contribution in [1.29, 1.82) is 0 Å². The van der Waals surface area contributed by atoms with E-state index in [1.807, 2.05) is 0 Å². The molecule has 1 aromatic carbocycles. The molecule has 7 heteroatoms. The van der Waals surface area contributed by atoms with Gasteiger partial charge in [0.1, 0.15) is 5.82 Å². The van der Waals surface area contributed by atoms with Gasteiger partial charge in [0.15, 0.2) is 0 Å². The second-order valence-corrected chi connectivity index (χ2v) is 7.68. The highest BCUT2D eigenvalue weighted by molar-refractivity contribution is 7.89. The zero-order chi connectivity index (χ0) is 15.2. The van der Waals surface area contributed by atoms with Crippen molar-refractivity contribution in [3.63, 3.8) is 0 Å². The number of halogens is 1. The third-order valence-electron chi connectivity index (χ3n) is 4.09. The van der Waals surface area contributed by atoms with Gasteiger partial charge in [0.2, 0.25) is 10.0 Å². The Kier molecular flexibility index (Phi) is 3.49. The molecule has 1 aliphatic heterocycles. The summed E-state index contributed by atoms with van der Waals surface area (Å²) in [4.78, 5) is 11.2. The molecule has 0 saturated heterocycles. The lowest BCUT2D eigenvalue weighted by atomic mass is 9.95. The van der Waals surface area contributed by atoms with E-state index in [1.54, 1.807) is 0 Å². The quantitative estimate of drug-likeness (QED) is 0.916. The lowest BCUT2D eigenvalue weighted by molar-refractivity contribution is 0.0694. The Labute approximate surface area is 122 Å². The molecule has 5 nitrogen and oxygen atoms in total. The highest BCUT2D eigenvalue weighted by atomic mass is 32.2. The number of rotatable bonds is 4. The Hall–Kier alpha value is -1.47. The van der Waals surface area contributed by atoms with Crippen molar-refractivity contribution in [1.82, 2.24) is 4.31 Å². The van der Waals surface area contributed by atoms with E-state index in [-0.39, 0.29) is 42.3 Å². The molecule has 21 heavy (non-hydrogen) atoms. The number of carboxylic acids is 1. The van der Waals surface area contributed by atoms with Gasteiger partial charge in [0.05, 0.1) is 11.3 Å². The predicted molar refractivity (Wildman–Crippen MR) is 74.0 cm³/mol. The second kappa shape index (κ2) is 5.06. The van der Waals surface area contributed by atoms with E-state index in [0.717, 1.165) is 18.9 Å². The van der Waals surface area contributed by atoms with Crippen LogP contribution in [0.15, 0.2) is 12.1 Å². The van der Waals surface area contributed by atoms with Crippen molar-refractivity contribution in [2.45, 2.75) is 25.8 Å². The van der Waals surface area contributed by atoms with Gasteiger partial charge in [-0.1, -0.05) is 0 Å². The van der Waals surface area contributed by atoms with Crippen molar-refractivity contribution in [3.05, 3.63) is 34.6 Å². The fourth-order valence-corrected chi connectivity index (χ4v) is 4.57. The van der Waals surface area contributed by atoms with Gasteiger partial charge in [-0.3, -0.25) is 0 Å². The Bertz CT molecular complexity index is 697. The van der Waals surface area contributed by atoms with E-state index in [1.165, 1.54) is 10.4 Å². The summed E-state index contributed by atoms with van der Waals surface area (Å²) in [6.45, 7) is 0.159. The largest absolute Gasteiger partial charge is 0.478 e. The first-order valence-corrected chi connectivity index (χ1v) is 8.51. The van der Waals surface area contributed by atoms with Crippen molar-refractivity contribution >= 4 is 16.0 Å². The van der Waals surface area contributed by atoms with E-state index in [9.17, 15) is 22.7 Å². The number of carboxylic acid groups (broad SMARTS) is 1. The zero-order valence-electron chi connectivity index (χ0n) is 11.4. The average Bonchev–Trinajstić information content (AvgIpc) is 3.21. The van der Waals surface area contributed by atoms with Gasteiger partial charge in [0.25, 0.3) is 0 Å². The maximum absolute atomic E-state index is 13.8. The minimum atomic E-state index is -3.40. The van der Waals surface area contributed by atoms with Crippen molar-refractivity contribution in [2.75, 3.05) is 12.3 Å². The van der Waals surface area contributed by atoms with Gasteiger partial charge >= 0.3 is 5.97 Å². The second-order valence-electron chi connectivity index (χ2n) is 5.66. The molecule has 0 bridgehead atoms. The predicted octanol–water partition coefficient (Wildman–Crippen LogP) is 1.62. The molecule has 0 spiro atoms. The van der Waals surface area contributed by atoms with E-state index in [2.05, 4.69) is 0 Å². The average molecular weight is 313 g/mol. The number of carbonyl (C=O) groups is 1. The fourth-order valence-electron chi connectivity index (χ4n) is 2.73. The Morgan fingerprint density at radius 2 is 2.05 bits per heavy atom. The van der Waals surface area contributed by atoms with Crippen molar-refractivity contribution in [2.24, 2.45) is 5.92 Å². The maximum atomic E-state index is 13.8. The first-order valence-electron chi connectivity index (χ1n) is 6.90. The van der Waals surface area contributed by atoms with E-state index >= 15 is 0 Å². The molecular formula is C14H16FNO4S. The molecule has 1 heterocycles. The smallest absolute Gasteiger partial charge is 0.336 e. The van der Waals surface area contributed by atoms with Crippen LogP contribution in [0.4, 0.5) is 4.39 Å². The van der Waals surface area contributed by atoms with E-state index in [0.29, 0.717) is 5.56 Å². The third kappa shape index (κ3) is 2.80. The third-order valence-corrected chi connectivity index (χ3v) is 6.08. The van der Waals surface area contributed by atoms with Gasteiger partial charge in [0, 0.05) is 13.1 Å². The number of nitrogens with zero attached hydrogens (tertiary/aromatic N) is 1. The summed E-state index contributed by atoms with van der Waals surface area (Å²) in [6.07, 6.45) is 2.07. The molecule has 114 valence electrons. The maximum Gasteiger partial charge on any atom is 0.336 e. The molecule has 1 saturated carbocycles. The summed E-state index contributed by atoms with van der Waals surface area (Å²) < 4.78 is 39.7. The van der Waals surface area contributed by atoms with E-state index < -0.39 is 21.8 Å². The zero-order valence-corrected chi connectivity index (χ0v) is 12.2. The van der Waals surface area contributed by atoms with Crippen molar-refractivity contribution < 1.29 is 22.7 Å². The normalized spacial score (nSPS) is 19.3. The van der Waals surface area contributed by atoms with Crippen molar-refractivity contribution in [3.8, 4) is 0 Å². The molecule has 1 fully saturated rings. The fraction of sp³-hybridized carbons (Fsp3) is 0.500. The SMILES string of the molecule is O=C(O)c1ccc(F)c2c1CN(S(=O)(=O)CC1CC1)CC2. The standard InChI is InChI=1S/C14H16FNO4S/c15-13-4-3-11(14(17)18)12-7-16(6-5-10(12)13)21(19,20)8-9-1-2-9/h3-4,9H,1-2,5-8H2,(H,17,18). The van der Waals surface area contributed by atoms with Gasteiger partial charge in [-0.25, -0.2) is 17.6 Å². The first-order chi connectivity index (χ1) is 9.88. The topological polar surface area (TPSA) is 74.7 Å². The lowest BCUT2D eigenvalue weighted by Crippen LogP contribution is -2.39. The number of fused-ring (bicyclic) bond motifs is 1. The Morgan fingerprint density at radius 1 is 1.33 bits per heavy atom. The Balaban J connectivity index is 1.93. The molecular weight excluding hydrogens is 297 g/mol. The molecule has 0 aromatic heterocycles. The molecule has 1 aromatic rings. The molecule has 3 rings (SSSR count). The number of aromatic carboxylic acids is 1. The minimum Gasteiger partial charge on any atom is -0.478 e. The molecule has 2 aliphatic rings. The summed E-state index contributed by atoms with van der Waals surface area (Å²) in [5, 5.41) is 9.19. The monoisotopic (exact) mass is 313 g/mol. The van der Waals surface area contributed by atoms with Crippen LogP contribution in [0.5, 0.6) is 0 Å². The van der Waals surface area contributed by atoms with Gasteiger partial charge in [-0.2, -0.15) is 4.31 Å². The molecule has 1 aliphatic carbocycles. The van der Waals surface area contributed by atoms with Crippen LogP contribution in [-0.2, 0) is 23.0 Å². The summed E-state index contributed by atoms with van der Waals surface area (Å²) in [7, 11) is -3.40. The number of benzene rings is 1. The van der Waals surface area contributed by atoms with Crippen LogP contribution in [0.1, 0.15) is 34.3 Å². The minimum absolute atomic E-state index is 0.0160. The summed E-state index contributed by atoms with van der Waals surface area (Å²) in [5.74, 6) is -1.29. The summed E-state index contributed by atoms with van der Waals surface area (Å²) in [6, 6.07) is 2.34. The van der Waals surface area contributed by atoms with Crippen LogP contribution in [-0.4, -0.2) is 36.1 Å². The van der Waals surface area contributed by atoms with Crippen LogP contribution in [0.3, 0.4) is 0 Å². The molecule has 1 N–H and O–H groups in total. The van der Waals surface area contributed by atoms with Gasteiger partial charge in [-0.15, -0.1) is 0 Å². The lowest BCUT2D eigenvalue weighted by Gasteiger charge is -2.29. The van der Waals surface area contributed by atoms with Crippen LogP contribution in [0.2, 0.25) is 0 Å². The summed E-state index contributed by atoms with van der Waals surface area (Å²) in [5.41, 5.74) is 0.596. The van der Waals surface area contributed by atoms with Crippen LogP contribution in [0.25, 0.3) is 0 Å². The number of hydrogen-bond donors (Lipinski definition) is 1. The number of hydrogen-bond acceptors (Lipinski definition) is 3. The van der Waals surface area contributed by atoms with Gasteiger partial charge < -0.3 is 5.11 Å². The van der Waals surface area contributed by atoms with E-state index in [4.69, 9.17) is 0 Å². The molecule has 0 atom stereocenters. The van der Waals surface area contributed by atoms with Crippen LogP contribution < -0.4 is 0 Å². The number of sulfonamides is 1. The molecule has 0 radical (unpaired) electrons. The highest BCUT2D eigenvalue weighted by Gasteiger charge is 2.35. The van der Waals surface area contributed by atoms with Gasteiger partial charge in [-0.05, 0) is 48.4 Å². The summed E-state index contributed by atoms with van der Waals surface area (Å²) >= 11 is 0. The first kappa shape index (κ1) is 14.5. The molecule has 0 unspecified atom stereocenters. The van der Waals surface area contributed by atoms with Crippen LogP contribution in [0, 0.1) is 11.7 Å². The Morgan fingerprint density at radius 3 is 2.67 bits per heavy atom. The highest BCUT2D eigenvalue weighted by Crippen LogP contribution is 2.33. The molecule has 0 amide bonds.